The van der Waals surface area contributed by atoms with Gasteiger partial charge in [0.05, 0.1) is 6.54 Å². The predicted octanol–water partition coefficient (Wildman–Crippen LogP) is 3.73. The Hall–Kier alpha value is -3.87. The molecule has 0 aliphatic heterocycles. The third kappa shape index (κ3) is 4.70. The summed E-state index contributed by atoms with van der Waals surface area (Å²) in [6.07, 6.45) is 3.54. The van der Waals surface area contributed by atoms with Gasteiger partial charge in [-0.2, -0.15) is 10.2 Å². The van der Waals surface area contributed by atoms with Crippen LogP contribution in [-0.2, 0) is 13.3 Å². The SMILES string of the molecule is Cc1ccccc1Cn1ccc(NC(=O)c2ccn(COc3ccccc3)n2)n1. The summed E-state index contributed by atoms with van der Waals surface area (Å²) in [4.78, 5) is 12.4. The second-order valence-corrected chi connectivity index (χ2v) is 6.61. The number of carbonyl (C=O) groups excluding carboxylic acids is 1. The molecule has 4 aromatic rings. The zero-order valence-corrected chi connectivity index (χ0v) is 16.0. The van der Waals surface area contributed by atoms with Crippen molar-refractivity contribution >= 4 is 11.7 Å². The second kappa shape index (κ2) is 8.43. The third-order valence-corrected chi connectivity index (χ3v) is 4.46. The van der Waals surface area contributed by atoms with E-state index in [1.165, 1.54) is 11.1 Å². The highest BCUT2D eigenvalue weighted by Gasteiger charge is 2.12. The lowest BCUT2D eigenvalue weighted by atomic mass is 10.1. The molecule has 29 heavy (non-hydrogen) atoms. The molecule has 0 atom stereocenters. The maximum absolute atomic E-state index is 12.4. The van der Waals surface area contributed by atoms with Crippen LogP contribution in [0.1, 0.15) is 21.6 Å². The first-order chi connectivity index (χ1) is 14.2. The molecular formula is C22H21N5O2. The normalized spacial score (nSPS) is 10.7. The average Bonchev–Trinajstić information content (AvgIpc) is 3.39. The molecule has 2 aromatic carbocycles. The summed E-state index contributed by atoms with van der Waals surface area (Å²) in [6, 6.07) is 21.0. The summed E-state index contributed by atoms with van der Waals surface area (Å²) in [7, 11) is 0. The Morgan fingerprint density at radius 1 is 0.931 bits per heavy atom. The quantitative estimate of drug-likeness (QED) is 0.524. The largest absolute Gasteiger partial charge is 0.471 e. The minimum Gasteiger partial charge on any atom is -0.471 e. The van der Waals surface area contributed by atoms with Gasteiger partial charge in [0.1, 0.15) is 5.75 Å². The van der Waals surface area contributed by atoms with E-state index in [4.69, 9.17) is 4.74 Å². The number of hydrogen-bond donors (Lipinski definition) is 1. The van der Waals surface area contributed by atoms with Crippen LogP contribution in [0.2, 0.25) is 0 Å². The number of nitrogens with one attached hydrogen (secondary N) is 1. The van der Waals surface area contributed by atoms with E-state index in [1.807, 2.05) is 48.7 Å². The highest BCUT2D eigenvalue weighted by Crippen LogP contribution is 2.12. The Balaban J connectivity index is 1.34. The number of rotatable bonds is 7. The van der Waals surface area contributed by atoms with E-state index in [0.29, 0.717) is 18.1 Å². The number of benzene rings is 2. The standard InChI is InChI=1S/C22H21N5O2/c1-17-7-5-6-8-18(17)15-26-14-12-21(25-26)23-22(28)20-11-13-27(24-20)16-29-19-9-3-2-4-10-19/h2-14H,15-16H2,1H3,(H,23,25,28). The zero-order chi connectivity index (χ0) is 20.1. The van der Waals surface area contributed by atoms with Crippen LogP contribution >= 0.6 is 0 Å². The van der Waals surface area contributed by atoms with Crippen molar-refractivity contribution < 1.29 is 9.53 Å². The molecule has 146 valence electrons. The fraction of sp³-hybridized carbons (Fsp3) is 0.136. The van der Waals surface area contributed by atoms with Gasteiger partial charge in [-0.3, -0.25) is 9.48 Å². The van der Waals surface area contributed by atoms with Crippen LogP contribution in [0.25, 0.3) is 0 Å². The number of ether oxygens (including phenoxy) is 1. The second-order valence-electron chi connectivity index (χ2n) is 6.61. The molecule has 0 fully saturated rings. The van der Waals surface area contributed by atoms with Crippen molar-refractivity contribution in [2.24, 2.45) is 0 Å². The van der Waals surface area contributed by atoms with E-state index >= 15 is 0 Å². The fourth-order valence-corrected chi connectivity index (χ4v) is 2.87. The topological polar surface area (TPSA) is 74.0 Å². The molecule has 0 aliphatic carbocycles. The summed E-state index contributed by atoms with van der Waals surface area (Å²) >= 11 is 0. The van der Waals surface area contributed by atoms with Gasteiger partial charge in [-0.05, 0) is 36.2 Å². The summed E-state index contributed by atoms with van der Waals surface area (Å²) in [5, 5.41) is 11.5. The number of aryl methyl sites for hydroxylation is 1. The minimum absolute atomic E-state index is 0.225. The fourth-order valence-electron chi connectivity index (χ4n) is 2.87. The number of nitrogens with zero attached hydrogens (tertiary/aromatic N) is 4. The van der Waals surface area contributed by atoms with Crippen molar-refractivity contribution in [3.8, 4) is 5.75 Å². The van der Waals surface area contributed by atoms with Gasteiger partial charge in [0.15, 0.2) is 18.2 Å². The molecule has 0 saturated heterocycles. The van der Waals surface area contributed by atoms with Crippen LogP contribution in [0.5, 0.6) is 5.75 Å². The number of hydrogen-bond acceptors (Lipinski definition) is 4. The molecule has 0 aliphatic rings. The van der Waals surface area contributed by atoms with Gasteiger partial charge in [-0.15, -0.1) is 0 Å². The van der Waals surface area contributed by atoms with Gasteiger partial charge in [0.2, 0.25) is 0 Å². The molecule has 2 aromatic heterocycles. The minimum atomic E-state index is -0.315. The van der Waals surface area contributed by atoms with Gasteiger partial charge in [0.25, 0.3) is 5.91 Å². The number of para-hydroxylation sites is 1. The first-order valence-corrected chi connectivity index (χ1v) is 9.28. The summed E-state index contributed by atoms with van der Waals surface area (Å²) < 4.78 is 8.99. The number of carbonyl (C=O) groups is 1. The van der Waals surface area contributed by atoms with Crippen molar-refractivity contribution in [1.82, 2.24) is 19.6 Å². The summed E-state index contributed by atoms with van der Waals surface area (Å²) in [6.45, 7) is 2.94. The number of amides is 1. The Labute approximate surface area is 168 Å². The van der Waals surface area contributed by atoms with Crippen molar-refractivity contribution in [3.05, 3.63) is 95.9 Å². The van der Waals surface area contributed by atoms with Crippen LogP contribution in [0.3, 0.4) is 0 Å². The molecule has 2 heterocycles. The Morgan fingerprint density at radius 2 is 1.69 bits per heavy atom. The Bertz CT molecular complexity index is 1100. The van der Waals surface area contributed by atoms with Gasteiger partial charge in [0, 0.05) is 18.5 Å². The maximum Gasteiger partial charge on any atom is 0.277 e. The van der Waals surface area contributed by atoms with Crippen molar-refractivity contribution in [2.75, 3.05) is 5.32 Å². The highest BCUT2D eigenvalue weighted by molar-refractivity contribution is 6.02. The van der Waals surface area contributed by atoms with Crippen LogP contribution < -0.4 is 10.1 Å². The third-order valence-electron chi connectivity index (χ3n) is 4.46. The molecule has 0 unspecified atom stereocenters. The maximum atomic E-state index is 12.4. The molecule has 0 saturated carbocycles. The van der Waals surface area contributed by atoms with E-state index < -0.39 is 0 Å². The van der Waals surface area contributed by atoms with Gasteiger partial charge < -0.3 is 10.1 Å². The number of aromatic nitrogens is 4. The van der Waals surface area contributed by atoms with Gasteiger partial charge >= 0.3 is 0 Å². The molecule has 1 amide bonds. The molecule has 7 heteroatoms. The van der Waals surface area contributed by atoms with Crippen LogP contribution in [-0.4, -0.2) is 25.5 Å². The zero-order valence-electron chi connectivity index (χ0n) is 16.0. The first-order valence-electron chi connectivity index (χ1n) is 9.28. The van der Waals surface area contributed by atoms with Crippen molar-refractivity contribution in [1.29, 1.82) is 0 Å². The first kappa shape index (κ1) is 18.5. The lowest BCUT2D eigenvalue weighted by molar-refractivity contribution is 0.101. The van der Waals surface area contributed by atoms with E-state index in [0.717, 1.165) is 5.75 Å². The molecular weight excluding hydrogens is 366 g/mol. The number of anilines is 1. The van der Waals surface area contributed by atoms with E-state index in [2.05, 4.69) is 34.6 Å². The lowest BCUT2D eigenvalue weighted by Crippen LogP contribution is -2.15. The van der Waals surface area contributed by atoms with Gasteiger partial charge in [-0.25, -0.2) is 4.68 Å². The van der Waals surface area contributed by atoms with E-state index in [-0.39, 0.29) is 12.6 Å². The van der Waals surface area contributed by atoms with E-state index in [9.17, 15) is 4.79 Å². The molecule has 0 spiro atoms. The molecule has 7 nitrogen and oxygen atoms in total. The highest BCUT2D eigenvalue weighted by atomic mass is 16.5. The van der Waals surface area contributed by atoms with Crippen molar-refractivity contribution in [2.45, 2.75) is 20.2 Å². The Kier molecular flexibility index (Phi) is 5.38. The molecule has 4 rings (SSSR count). The van der Waals surface area contributed by atoms with Crippen molar-refractivity contribution in [3.63, 3.8) is 0 Å². The summed E-state index contributed by atoms with van der Waals surface area (Å²) in [5.41, 5.74) is 2.69. The smallest absolute Gasteiger partial charge is 0.277 e. The molecule has 0 bridgehead atoms. The van der Waals surface area contributed by atoms with E-state index in [1.54, 1.807) is 27.7 Å². The monoisotopic (exact) mass is 387 g/mol. The Morgan fingerprint density at radius 3 is 2.52 bits per heavy atom. The van der Waals surface area contributed by atoms with Crippen LogP contribution in [0.4, 0.5) is 5.82 Å². The van der Waals surface area contributed by atoms with Crippen LogP contribution in [0.15, 0.2) is 79.1 Å². The van der Waals surface area contributed by atoms with Gasteiger partial charge in [-0.1, -0.05) is 42.5 Å². The predicted molar refractivity (Wildman–Crippen MR) is 110 cm³/mol. The van der Waals surface area contributed by atoms with Crippen LogP contribution in [0, 0.1) is 6.92 Å². The molecule has 0 radical (unpaired) electrons. The molecule has 1 N–H and O–H groups in total. The lowest BCUT2D eigenvalue weighted by Gasteiger charge is -2.06. The average molecular weight is 387 g/mol. The summed E-state index contributed by atoms with van der Waals surface area (Å²) in [5.74, 6) is 0.913.